The van der Waals surface area contributed by atoms with Gasteiger partial charge < -0.3 is 4.57 Å². The summed E-state index contributed by atoms with van der Waals surface area (Å²) in [7, 11) is -3.53. The first-order valence-corrected chi connectivity index (χ1v) is 20.1. The molecule has 0 unspecified atom stereocenters. The first kappa shape index (κ1) is 28.2. The van der Waals surface area contributed by atoms with Gasteiger partial charge >= 0.3 is 0 Å². The molecule has 3 aromatic carbocycles. The van der Waals surface area contributed by atoms with Gasteiger partial charge in [-0.1, -0.05) is 148 Å². The van der Waals surface area contributed by atoms with Crippen molar-refractivity contribution in [2.45, 2.75) is 77.7 Å². The Labute approximate surface area is 223 Å². The van der Waals surface area contributed by atoms with E-state index in [1.54, 1.807) is 0 Å². The van der Waals surface area contributed by atoms with Crippen LogP contribution in [0.3, 0.4) is 0 Å². The van der Waals surface area contributed by atoms with Crippen LogP contribution in [0.15, 0.2) is 97.2 Å². The second-order valence-corrected chi connectivity index (χ2v) is 20.3. The van der Waals surface area contributed by atoms with Crippen LogP contribution in [-0.2, 0) is 0 Å². The van der Waals surface area contributed by atoms with Crippen LogP contribution in [0.2, 0.25) is 32.2 Å². The highest BCUT2D eigenvalue weighted by Gasteiger charge is 2.31. The minimum Gasteiger partial charge on any atom is -0.399 e. The second kappa shape index (κ2) is 13.8. The molecule has 3 aromatic rings. The molecule has 0 N–H and O–H groups in total. The lowest BCUT2D eigenvalue weighted by Crippen LogP contribution is -2.56. The second-order valence-electron chi connectivity index (χ2n) is 11.3. The molecule has 0 saturated carbocycles. The zero-order valence-corrected chi connectivity index (χ0v) is 25.3. The van der Waals surface area contributed by atoms with Gasteiger partial charge in [-0.2, -0.15) is 0 Å². The van der Waals surface area contributed by atoms with Gasteiger partial charge in [0.15, 0.2) is 8.24 Å². The summed E-state index contributed by atoms with van der Waals surface area (Å²) in [6.07, 6.45) is 10.6. The van der Waals surface area contributed by atoms with Gasteiger partial charge in [0.2, 0.25) is 0 Å². The molecule has 3 heteroatoms. The van der Waals surface area contributed by atoms with E-state index in [1.165, 1.54) is 60.0 Å². The third-order valence-corrected chi connectivity index (χ3v) is 14.3. The maximum Gasteiger partial charge on any atom is 0.181 e. The van der Waals surface area contributed by atoms with Crippen LogP contribution in [-0.4, -0.2) is 27.4 Å². The average molecular weight is 514 g/mol. The van der Waals surface area contributed by atoms with Crippen LogP contribution in [0.5, 0.6) is 0 Å². The predicted molar refractivity (Wildman–Crippen MR) is 166 cm³/mol. The van der Waals surface area contributed by atoms with E-state index < -0.39 is 16.3 Å². The molecule has 0 bridgehead atoms. The van der Waals surface area contributed by atoms with E-state index in [2.05, 4.69) is 135 Å². The smallest absolute Gasteiger partial charge is 0.181 e. The van der Waals surface area contributed by atoms with Gasteiger partial charge in [0.05, 0.1) is 8.07 Å². The number of benzene rings is 3. The quantitative estimate of drug-likeness (QED) is 0.154. The van der Waals surface area contributed by atoms with E-state index >= 15 is 0 Å². The molecule has 1 nitrogen and oxygen atoms in total. The molecule has 0 saturated heterocycles. The highest BCUT2D eigenvalue weighted by molar-refractivity contribution is 6.91. The van der Waals surface area contributed by atoms with Crippen molar-refractivity contribution >= 4 is 32.3 Å². The van der Waals surface area contributed by atoms with Crippen LogP contribution in [0.25, 0.3) is 5.57 Å². The molecule has 0 fully saturated rings. The Morgan fingerprint density at radius 2 is 1.14 bits per heavy atom. The maximum atomic E-state index is 2.78. The van der Waals surface area contributed by atoms with Gasteiger partial charge in [-0.15, -0.1) is 0 Å². The fourth-order valence-corrected chi connectivity index (χ4v) is 10.2. The standard InChI is InChI=1S/C33H47NSi2/c1-6-7-8-9-10-20-27-34(36(4,5)33-25-18-13-19-26-33)28-31(30-21-14-11-15-22-30)29-35(2,3)32-23-16-12-17-24-32/h11-19,21-26,28H,6-10,20,27,29H2,1-5H3/b31-28-. The zero-order chi connectivity index (χ0) is 25.9. The average Bonchev–Trinajstić information content (AvgIpc) is 2.90. The monoisotopic (exact) mass is 513 g/mol. The lowest BCUT2D eigenvalue weighted by molar-refractivity contribution is 0.506. The van der Waals surface area contributed by atoms with Gasteiger partial charge in [-0.25, -0.2) is 0 Å². The molecule has 0 atom stereocenters. The molecule has 0 aliphatic carbocycles. The SMILES string of the molecule is CCCCCCCCN(/C=C(/C[Si](C)(C)c1ccccc1)c1ccccc1)[Si](C)(C)c1ccccc1. The molecule has 36 heavy (non-hydrogen) atoms. The Kier molecular flexibility index (Phi) is 10.8. The van der Waals surface area contributed by atoms with Crippen molar-refractivity contribution < 1.29 is 0 Å². The van der Waals surface area contributed by atoms with E-state index in [0.29, 0.717) is 0 Å². The fraction of sp³-hybridized carbons (Fsp3) is 0.394. The van der Waals surface area contributed by atoms with Crippen molar-refractivity contribution in [3.63, 3.8) is 0 Å². The van der Waals surface area contributed by atoms with Crippen LogP contribution in [0, 0.1) is 0 Å². The minimum atomic E-state index is -1.86. The zero-order valence-electron chi connectivity index (χ0n) is 23.3. The maximum absolute atomic E-state index is 2.78. The molecule has 0 radical (unpaired) electrons. The van der Waals surface area contributed by atoms with Gasteiger partial charge in [-0.3, -0.25) is 0 Å². The molecule has 0 spiro atoms. The fourth-order valence-electron chi connectivity index (χ4n) is 5.11. The first-order valence-electron chi connectivity index (χ1n) is 14.0. The lowest BCUT2D eigenvalue weighted by Gasteiger charge is -2.38. The topological polar surface area (TPSA) is 3.24 Å². The molecule has 0 heterocycles. The first-order chi connectivity index (χ1) is 17.3. The molecular weight excluding hydrogens is 467 g/mol. The minimum absolute atomic E-state index is 1.14. The number of nitrogens with zero attached hydrogens (tertiary/aromatic N) is 1. The Morgan fingerprint density at radius 3 is 1.72 bits per heavy atom. The molecule has 0 aliphatic heterocycles. The van der Waals surface area contributed by atoms with E-state index in [4.69, 9.17) is 0 Å². The molecule has 0 aliphatic rings. The van der Waals surface area contributed by atoms with Crippen LogP contribution in [0.4, 0.5) is 0 Å². The number of unbranched alkanes of at least 4 members (excludes halogenated alkanes) is 5. The summed E-state index contributed by atoms with van der Waals surface area (Å²) in [5.74, 6) is 0. The summed E-state index contributed by atoms with van der Waals surface area (Å²) in [4.78, 5) is 0. The Morgan fingerprint density at radius 1 is 0.639 bits per heavy atom. The molecule has 3 rings (SSSR count). The predicted octanol–water partition coefficient (Wildman–Crippen LogP) is 8.42. The summed E-state index contributed by atoms with van der Waals surface area (Å²) in [6.45, 7) is 13.5. The molecule has 0 aromatic heterocycles. The lowest BCUT2D eigenvalue weighted by atomic mass is 10.1. The largest absolute Gasteiger partial charge is 0.399 e. The van der Waals surface area contributed by atoms with Gasteiger partial charge in [0, 0.05) is 6.54 Å². The van der Waals surface area contributed by atoms with Crippen LogP contribution < -0.4 is 10.4 Å². The van der Waals surface area contributed by atoms with E-state index in [0.717, 1.165) is 12.6 Å². The van der Waals surface area contributed by atoms with Gasteiger partial charge in [-0.05, 0) is 48.1 Å². The van der Waals surface area contributed by atoms with Crippen molar-refractivity contribution in [3.05, 3.63) is 103 Å². The molecule has 192 valence electrons. The van der Waals surface area contributed by atoms with Gasteiger partial charge in [0.25, 0.3) is 0 Å². The molecular formula is C33H47NSi2. The molecule has 0 amide bonds. The highest BCUT2D eigenvalue weighted by atomic mass is 28.3. The van der Waals surface area contributed by atoms with Gasteiger partial charge in [0.1, 0.15) is 0 Å². The van der Waals surface area contributed by atoms with Crippen molar-refractivity contribution in [3.8, 4) is 0 Å². The number of rotatable bonds is 14. The summed E-state index contributed by atoms with van der Waals surface area (Å²) >= 11 is 0. The number of hydrogen-bond donors (Lipinski definition) is 0. The third kappa shape index (κ3) is 8.07. The number of allylic oxidation sites excluding steroid dienone is 1. The van der Waals surface area contributed by atoms with Crippen LogP contribution in [0.1, 0.15) is 51.0 Å². The summed E-state index contributed by atoms with van der Waals surface area (Å²) in [6, 6.07) is 34.8. The van der Waals surface area contributed by atoms with Crippen molar-refractivity contribution in [2.75, 3.05) is 6.54 Å². The summed E-state index contributed by atoms with van der Waals surface area (Å²) in [5, 5.41) is 3.05. The van der Waals surface area contributed by atoms with E-state index in [9.17, 15) is 0 Å². The van der Waals surface area contributed by atoms with Crippen molar-refractivity contribution in [2.24, 2.45) is 0 Å². The number of hydrogen-bond acceptors (Lipinski definition) is 1. The van der Waals surface area contributed by atoms with Crippen molar-refractivity contribution in [1.29, 1.82) is 0 Å². The summed E-state index contributed by atoms with van der Waals surface area (Å²) < 4.78 is 2.78. The van der Waals surface area contributed by atoms with E-state index in [-0.39, 0.29) is 0 Å². The Bertz CT molecular complexity index is 1040. The summed E-state index contributed by atoms with van der Waals surface area (Å²) in [5.41, 5.74) is 2.87. The van der Waals surface area contributed by atoms with E-state index in [1.807, 2.05) is 0 Å². The highest BCUT2D eigenvalue weighted by Crippen LogP contribution is 2.28. The van der Waals surface area contributed by atoms with Crippen LogP contribution >= 0.6 is 0 Å². The normalized spacial score (nSPS) is 12.5. The Hall–Kier alpha value is -2.37. The van der Waals surface area contributed by atoms with Crippen molar-refractivity contribution in [1.82, 2.24) is 4.57 Å². The Balaban J connectivity index is 1.96. The third-order valence-electron chi connectivity index (χ3n) is 7.59.